The standard InChI is InChI=1S/C17H24ClNO7/c1-9-7-11(18)3-4-12(9)24-5-6-25-17-14(19-10(2)21)16(23)15(22)13(8-20)26-17/h3-4,7,13-17,20,22-23H,5-6,8H2,1-2H3,(H,19,21)/t13-,14+,15+,16-,17+/m0/s1. The van der Waals surface area contributed by atoms with Crippen molar-refractivity contribution in [2.75, 3.05) is 19.8 Å². The lowest BCUT2D eigenvalue weighted by atomic mass is 9.97. The van der Waals surface area contributed by atoms with E-state index in [1.807, 2.05) is 6.92 Å². The zero-order chi connectivity index (χ0) is 19.3. The highest BCUT2D eigenvalue weighted by Gasteiger charge is 2.45. The van der Waals surface area contributed by atoms with Crippen LogP contribution in [0.1, 0.15) is 12.5 Å². The molecule has 0 radical (unpaired) electrons. The molecule has 1 amide bonds. The van der Waals surface area contributed by atoms with Crippen LogP contribution in [0.25, 0.3) is 0 Å². The molecule has 1 aliphatic rings. The third-order valence-electron chi connectivity index (χ3n) is 4.01. The van der Waals surface area contributed by atoms with Crippen LogP contribution < -0.4 is 10.1 Å². The summed E-state index contributed by atoms with van der Waals surface area (Å²) >= 11 is 5.89. The molecule has 1 aromatic carbocycles. The van der Waals surface area contributed by atoms with Crippen LogP contribution in [-0.2, 0) is 14.3 Å². The summed E-state index contributed by atoms with van der Waals surface area (Å²) in [7, 11) is 0. The Hall–Kier alpha value is -1.42. The molecule has 8 nitrogen and oxygen atoms in total. The monoisotopic (exact) mass is 389 g/mol. The summed E-state index contributed by atoms with van der Waals surface area (Å²) in [5.41, 5.74) is 0.876. The van der Waals surface area contributed by atoms with Crippen molar-refractivity contribution in [1.29, 1.82) is 0 Å². The van der Waals surface area contributed by atoms with E-state index in [0.29, 0.717) is 10.8 Å². The first-order valence-electron chi connectivity index (χ1n) is 8.23. The van der Waals surface area contributed by atoms with Gasteiger partial charge in [-0.2, -0.15) is 0 Å². The third kappa shape index (κ3) is 5.29. The van der Waals surface area contributed by atoms with E-state index in [1.165, 1.54) is 6.92 Å². The zero-order valence-electron chi connectivity index (χ0n) is 14.6. The highest BCUT2D eigenvalue weighted by atomic mass is 35.5. The summed E-state index contributed by atoms with van der Waals surface area (Å²) in [6.45, 7) is 2.94. The Bertz CT molecular complexity index is 615. The number of rotatable bonds is 7. The number of nitrogens with one attached hydrogen (secondary N) is 1. The van der Waals surface area contributed by atoms with Crippen molar-refractivity contribution in [2.24, 2.45) is 0 Å². The van der Waals surface area contributed by atoms with Gasteiger partial charge in [0.1, 0.15) is 36.7 Å². The second-order valence-electron chi connectivity index (χ2n) is 6.06. The molecule has 146 valence electrons. The van der Waals surface area contributed by atoms with Crippen molar-refractivity contribution in [3.8, 4) is 5.75 Å². The summed E-state index contributed by atoms with van der Waals surface area (Å²) in [6, 6.07) is 4.27. The number of ether oxygens (including phenoxy) is 3. The number of halogens is 1. The van der Waals surface area contributed by atoms with Gasteiger partial charge in [-0.1, -0.05) is 11.6 Å². The number of carbonyl (C=O) groups is 1. The lowest BCUT2D eigenvalue weighted by Crippen LogP contribution is -2.64. The highest BCUT2D eigenvalue weighted by Crippen LogP contribution is 2.23. The number of aryl methyl sites for hydroxylation is 1. The highest BCUT2D eigenvalue weighted by molar-refractivity contribution is 6.30. The number of carbonyl (C=O) groups excluding carboxylic acids is 1. The van der Waals surface area contributed by atoms with Crippen LogP contribution >= 0.6 is 11.6 Å². The number of aliphatic hydroxyl groups is 3. The molecule has 1 heterocycles. The molecule has 1 saturated heterocycles. The molecule has 0 saturated carbocycles. The van der Waals surface area contributed by atoms with E-state index < -0.39 is 43.2 Å². The topological polar surface area (TPSA) is 117 Å². The minimum absolute atomic E-state index is 0.101. The molecular weight excluding hydrogens is 366 g/mol. The largest absolute Gasteiger partial charge is 0.491 e. The SMILES string of the molecule is CC(=O)N[C@H]1[C@H](OCCOc2ccc(Cl)cc2C)O[C@@H](CO)[C@@H](O)[C@H]1O. The molecule has 0 aromatic heterocycles. The van der Waals surface area contributed by atoms with Crippen molar-refractivity contribution in [3.05, 3.63) is 28.8 Å². The molecule has 4 N–H and O–H groups in total. The molecule has 0 spiro atoms. The van der Waals surface area contributed by atoms with Crippen molar-refractivity contribution in [1.82, 2.24) is 5.32 Å². The van der Waals surface area contributed by atoms with Crippen molar-refractivity contribution in [2.45, 2.75) is 44.5 Å². The average molecular weight is 390 g/mol. The van der Waals surface area contributed by atoms with Gasteiger partial charge in [0.25, 0.3) is 0 Å². The Morgan fingerprint density at radius 3 is 2.65 bits per heavy atom. The normalized spacial score (nSPS) is 28.6. The van der Waals surface area contributed by atoms with Crippen LogP contribution in [-0.4, -0.2) is 71.7 Å². The van der Waals surface area contributed by atoms with Crippen LogP contribution in [0.4, 0.5) is 0 Å². The van der Waals surface area contributed by atoms with E-state index in [1.54, 1.807) is 18.2 Å². The van der Waals surface area contributed by atoms with E-state index in [9.17, 15) is 20.1 Å². The third-order valence-corrected chi connectivity index (χ3v) is 4.25. The van der Waals surface area contributed by atoms with Crippen molar-refractivity contribution in [3.63, 3.8) is 0 Å². The fourth-order valence-electron chi connectivity index (χ4n) is 2.70. The van der Waals surface area contributed by atoms with Gasteiger partial charge in [-0.15, -0.1) is 0 Å². The molecule has 1 fully saturated rings. The first-order valence-corrected chi connectivity index (χ1v) is 8.61. The first kappa shape index (κ1) is 20.9. The van der Waals surface area contributed by atoms with E-state index in [2.05, 4.69) is 5.32 Å². The van der Waals surface area contributed by atoms with E-state index in [-0.39, 0.29) is 13.2 Å². The fourth-order valence-corrected chi connectivity index (χ4v) is 2.93. The maximum Gasteiger partial charge on any atom is 0.217 e. The molecular formula is C17H24ClNO7. The van der Waals surface area contributed by atoms with Crippen LogP contribution in [0.3, 0.4) is 0 Å². The Balaban J connectivity index is 1.92. The van der Waals surface area contributed by atoms with Crippen molar-refractivity contribution < 1.29 is 34.3 Å². The van der Waals surface area contributed by atoms with E-state index in [0.717, 1.165) is 5.56 Å². The quantitative estimate of drug-likeness (QED) is 0.484. The van der Waals surface area contributed by atoms with Gasteiger partial charge in [0.2, 0.25) is 5.91 Å². The molecule has 1 aliphatic heterocycles. The Kier molecular flexibility index (Phi) is 7.63. The summed E-state index contributed by atoms with van der Waals surface area (Å²) in [4.78, 5) is 11.3. The van der Waals surface area contributed by atoms with Crippen LogP contribution in [0.5, 0.6) is 5.75 Å². The number of hydrogen-bond donors (Lipinski definition) is 4. The van der Waals surface area contributed by atoms with Gasteiger partial charge in [-0.05, 0) is 30.7 Å². The predicted molar refractivity (Wildman–Crippen MR) is 93.0 cm³/mol. The molecule has 26 heavy (non-hydrogen) atoms. The molecule has 5 atom stereocenters. The first-order chi connectivity index (χ1) is 12.3. The van der Waals surface area contributed by atoms with Crippen LogP contribution in [0.2, 0.25) is 5.02 Å². The minimum atomic E-state index is -1.34. The molecule has 0 aliphatic carbocycles. The predicted octanol–water partition coefficient (Wildman–Crippen LogP) is -0.0125. The van der Waals surface area contributed by atoms with Gasteiger partial charge in [0, 0.05) is 11.9 Å². The summed E-state index contributed by atoms with van der Waals surface area (Å²) in [6.07, 6.45) is -4.73. The Morgan fingerprint density at radius 1 is 1.31 bits per heavy atom. The maximum absolute atomic E-state index is 11.3. The smallest absolute Gasteiger partial charge is 0.217 e. The molecule has 2 rings (SSSR count). The lowest BCUT2D eigenvalue weighted by molar-refractivity contribution is -0.271. The maximum atomic E-state index is 11.3. The van der Waals surface area contributed by atoms with Gasteiger partial charge >= 0.3 is 0 Å². The number of aliphatic hydroxyl groups excluding tert-OH is 3. The molecule has 0 bridgehead atoms. The Morgan fingerprint density at radius 2 is 2.04 bits per heavy atom. The van der Waals surface area contributed by atoms with Gasteiger partial charge in [-0.25, -0.2) is 0 Å². The molecule has 0 unspecified atom stereocenters. The molecule has 9 heteroatoms. The minimum Gasteiger partial charge on any atom is -0.491 e. The number of hydrogen-bond acceptors (Lipinski definition) is 7. The summed E-state index contributed by atoms with van der Waals surface area (Å²) < 4.78 is 16.6. The lowest BCUT2D eigenvalue weighted by Gasteiger charge is -2.42. The summed E-state index contributed by atoms with van der Waals surface area (Å²) in [5.74, 6) is 0.249. The Labute approximate surface area is 156 Å². The zero-order valence-corrected chi connectivity index (χ0v) is 15.3. The molecule has 1 aromatic rings. The van der Waals surface area contributed by atoms with E-state index >= 15 is 0 Å². The van der Waals surface area contributed by atoms with Gasteiger partial charge in [0.15, 0.2) is 6.29 Å². The van der Waals surface area contributed by atoms with Crippen LogP contribution in [0, 0.1) is 6.92 Å². The van der Waals surface area contributed by atoms with Gasteiger partial charge < -0.3 is 34.8 Å². The van der Waals surface area contributed by atoms with Crippen molar-refractivity contribution >= 4 is 17.5 Å². The summed E-state index contributed by atoms with van der Waals surface area (Å²) in [5, 5.41) is 32.5. The number of benzene rings is 1. The second kappa shape index (κ2) is 9.50. The van der Waals surface area contributed by atoms with Crippen LogP contribution in [0.15, 0.2) is 18.2 Å². The van der Waals surface area contributed by atoms with Gasteiger partial charge in [-0.3, -0.25) is 4.79 Å². The van der Waals surface area contributed by atoms with Gasteiger partial charge in [0.05, 0.1) is 13.2 Å². The van der Waals surface area contributed by atoms with E-state index in [4.69, 9.17) is 25.8 Å². The average Bonchev–Trinajstić information content (AvgIpc) is 2.58. The fraction of sp³-hybridized carbons (Fsp3) is 0.588. The second-order valence-corrected chi connectivity index (χ2v) is 6.50. The number of amides is 1.